The molecule has 0 rings (SSSR count). The van der Waals surface area contributed by atoms with Gasteiger partial charge in [0.2, 0.25) is 0 Å². The quantitative estimate of drug-likeness (QED) is 0.254. The van der Waals surface area contributed by atoms with E-state index in [1.54, 1.807) is 0 Å². The van der Waals surface area contributed by atoms with Gasteiger partial charge in [-0.2, -0.15) is 0 Å². The van der Waals surface area contributed by atoms with Crippen molar-refractivity contribution in [3.63, 3.8) is 0 Å². The summed E-state index contributed by atoms with van der Waals surface area (Å²) in [5.74, 6) is 0.969. The Morgan fingerprint density at radius 2 is 1.05 bits per heavy atom. The molecule has 1 unspecified atom stereocenters. The van der Waals surface area contributed by atoms with E-state index >= 15 is 0 Å². The molecule has 0 aromatic heterocycles. The monoisotopic (exact) mass is 281 g/mol. The summed E-state index contributed by atoms with van der Waals surface area (Å²) in [6, 6.07) is 0. The lowest BCUT2D eigenvalue weighted by Gasteiger charge is -2.14. The van der Waals surface area contributed by atoms with E-state index in [9.17, 15) is 0 Å². The Kier molecular flexibility index (Phi) is 17.1. The fourth-order valence-corrected chi connectivity index (χ4v) is 3.23. The lowest BCUT2D eigenvalue weighted by Crippen LogP contribution is -1.99. The van der Waals surface area contributed by atoms with Crippen molar-refractivity contribution in [3.05, 3.63) is 6.92 Å². The van der Waals surface area contributed by atoms with Gasteiger partial charge in [-0.05, 0) is 5.92 Å². The maximum Gasteiger partial charge on any atom is -0.0414 e. The third-order valence-corrected chi connectivity index (χ3v) is 4.53. The highest BCUT2D eigenvalue weighted by Gasteiger charge is 2.05. The molecule has 1 radical (unpaired) electrons. The van der Waals surface area contributed by atoms with Crippen LogP contribution in [-0.2, 0) is 0 Å². The molecule has 20 heavy (non-hydrogen) atoms. The molecule has 0 spiro atoms. The summed E-state index contributed by atoms with van der Waals surface area (Å²) in [4.78, 5) is 0. The normalized spacial score (nSPS) is 11.4. The van der Waals surface area contributed by atoms with Crippen LogP contribution in [0.2, 0.25) is 0 Å². The van der Waals surface area contributed by atoms with Gasteiger partial charge < -0.3 is 0 Å². The van der Waals surface area contributed by atoms with Gasteiger partial charge in [0, 0.05) is 0 Å². The number of rotatable bonds is 16. The average Bonchev–Trinajstić information content (AvgIpc) is 2.45. The molecule has 0 amide bonds. The summed E-state index contributed by atoms with van der Waals surface area (Å²) >= 11 is 0. The lowest BCUT2D eigenvalue weighted by atomic mass is 9.92. The molecule has 0 aliphatic heterocycles. The molecule has 1 atom stereocenters. The van der Waals surface area contributed by atoms with E-state index in [0.29, 0.717) is 0 Å². The topological polar surface area (TPSA) is 0 Å². The fourth-order valence-electron chi connectivity index (χ4n) is 3.23. The Morgan fingerprint density at radius 3 is 1.50 bits per heavy atom. The van der Waals surface area contributed by atoms with Gasteiger partial charge in [0.15, 0.2) is 0 Å². The van der Waals surface area contributed by atoms with Crippen LogP contribution in [0.1, 0.15) is 117 Å². The Labute approximate surface area is 130 Å². The second-order valence-corrected chi connectivity index (χ2v) is 6.62. The summed E-state index contributed by atoms with van der Waals surface area (Å²) in [6.45, 7) is 8.62. The minimum atomic E-state index is 0.969. The van der Waals surface area contributed by atoms with Crippen LogP contribution in [0.5, 0.6) is 0 Å². The highest BCUT2D eigenvalue weighted by molar-refractivity contribution is 4.60. The third-order valence-electron chi connectivity index (χ3n) is 4.53. The van der Waals surface area contributed by atoms with Gasteiger partial charge in [-0.1, -0.05) is 124 Å². The zero-order valence-corrected chi connectivity index (χ0v) is 14.6. The largest absolute Gasteiger partial charge is 0.0654 e. The van der Waals surface area contributed by atoms with E-state index in [1.165, 1.54) is 96.3 Å². The third kappa shape index (κ3) is 14.4. The maximum atomic E-state index is 4.01. The molecule has 0 aromatic rings. The van der Waals surface area contributed by atoms with Gasteiger partial charge in [0.05, 0.1) is 0 Å². The molecule has 0 N–H and O–H groups in total. The first-order valence-electron chi connectivity index (χ1n) is 9.64. The van der Waals surface area contributed by atoms with Crippen molar-refractivity contribution in [1.82, 2.24) is 0 Å². The van der Waals surface area contributed by atoms with E-state index in [1.807, 2.05) is 0 Å². The molecule has 121 valence electrons. The van der Waals surface area contributed by atoms with Gasteiger partial charge in [-0.15, -0.1) is 0 Å². The Morgan fingerprint density at radius 1 is 0.550 bits per heavy atom. The van der Waals surface area contributed by atoms with Crippen molar-refractivity contribution in [2.45, 2.75) is 117 Å². The minimum absolute atomic E-state index is 0.969. The van der Waals surface area contributed by atoms with E-state index in [2.05, 4.69) is 20.8 Å². The van der Waals surface area contributed by atoms with Crippen LogP contribution in [0.15, 0.2) is 0 Å². The maximum absolute atomic E-state index is 4.01. The lowest BCUT2D eigenvalue weighted by molar-refractivity contribution is 0.396. The summed E-state index contributed by atoms with van der Waals surface area (Å²) < 4.78 is 0. The van der Waals surface area contributed by atoms with Crippen molar-refractivity contribution in [3.8, 4) is 0 Å². The second-order valence-electron chi connectivity index (χ2n) is 6.62. The molecule has 0 heteroatoms. The molecule has 0 aliphatic rings. The fraction of sp³-hybridized carbons (Fsp3) is 0.950. The molecule has 0 aliphatic carbocycles. The summed E-state index contributed by atoms with van der Waals surface area (Å²) in [5.41, 5.74) is 0. The van der Waals surface area contributed by atoms with Crippen molar-refractivity contribution in [2.75, 3.05) is 0 Å². The van der Waals surface area contributed by atoms with Crippen molar-refractivity contribution in [1.29, 1.82) is 0 Å². The Bertz CT molecular complexity index is 155. The first-order valence-corrected chi connectivity index (χ1v) is 9.64. The highest BCUT2D eigenvalue weighted by atomic mass is 14.1. The smallest absolute Gasteiger partial charge is 0.0414 e. The van der Waals surface area contributed by atoms with E-state index in [-0.39, 0.29) is 0 Å². The van der Waals surface area contributed by atoms with Crippen molar-refractivity contribution >= 4 is 0 Å². The van der Waals surface area contributed by atoms with Gasteiger partial charge in [0.1, 0.15) is 0 Å². The first kappa shape index (κ1) is 20.0. The van der Waals surface area contributed by atoms with Gasteiger partial charge >= 0.3 is 0 Å². The van der Waals surface area contributed by atoms with Crippen molar-refractivity contribution in [2.24, 2.45) is 5.92 Å². The molecule has 0 saturated carbocycles. The summed E-state index contributed by atoms with van der Waals surface area (Å²) in [5, 5.41) is 0. The minimum Gasteiger partial charge on any atom is -0.0654 e. The Hall–Kier alpha value is 0. The van der Waals surface area contributed by atoms with Crippen molar-refractivity contribution < 1.29 is 0 Å². The highest BCUT2D eigenvalue weighted by Crippen LogP contribution is 2.21. The van der Waals surface area contributed by atoms with Crippen LogP contribution >= 0.6 is 0 Å². The van der Waals surface area contributed by atoms with Gasteiger partial charge in [-0.3, -0.25) is 0 Å². The zero-order valence-electron chi connectivity index (χ0n) is 14.6. The molecule has 0 heterocycles. The van der Waals surface area contributed by atoms with Crippen LogP contribution in [0.25, 0.3) is 0 Å². The molecule has 0 saturated heterocycles. The molecule has 0 bridgehead atoms. The van der Waals surface area contributed by atoms with Crippen LogP contribution in [0, 0.1) is 12.8 Å². The van der Waals surface area contributed by atoms with E-state index in [4.69, 9.17) is 0 Å². The standard InChI is InChI=1S/C20H41/c1-4-7-8-9-10-11-12-13-14-15-16-19-20(17-5-2)18-6-3/h20H,2,4-19H2,1,3H3. The SMILES string of the molecule is [CH2]CCC(CCC)CCCCCCCCCCCCC. The zero-order chi connectivity index (χ0) is 14.9. The molecular formula is C20H41. The molecule has 0 fully saturated rings. The van der Waals surface area contributed by atoms with Gasteiger partial charge in [-0.25, -0.2) is 0 Å². The molecular weight excluding hydrogens is 240 g/mol. The second kappa shape index (κ2) is 17.1. The molecule has 0 aromatic carbocycles. The number of hydrogen-bond acceptors (Lipinski definition) is 0. The van der Waals surface area contributed by atoms with Gasteiger partial charge in [0.25, 0.3) is 0 Å². The number of hydrogen-bond donors (Lipinski definition) is 0. The van der Waals surface area contributed by atoms with Crippen LogP contribution < -0.4 is 0 Å². The predicted octanol–water partition coefficient (Wildman–Crippen LogP) is 7.72. The van der Waals surface area contributed by atoms with Crippen LogP contribution in [0.4, 0.5) is 0 Å². The van der Waals surface area contributed by atoms with E-state index < -0.39 is 0 Å². The average molecular weight is 282 g/mol. The van der Waals surface area contributed by atoms with E-state index in [0.717, 1.165) is 12.3 Å². The summed E-state index contributed by atoms with van der Waals surface area (Å²) in [6.07, 6.45) is 22.7. The number of unbranched alkanes of at least 4 members (excludes halogenated alkanes) is 10. The summed E-state index contributed by atoms with van der Waals surface area (Å²) in [7, 11) is 0. The predicted molar refractivity (Wildman–Crippen MR) is 94.1 cm³/mol. The first-order chi connectivity index (χ1) is 9.85. The van der Waals surface area contributed by atoms with Crippen LogP contribution in [0.3, 0.4) is 0 Å². The molecule has 0 nitrogen and oxygen atoms in total. The van der Waals surface area contributed by atoms with Crippen LogP contribution in [-0.4, -0.2) is 0 Å². The Balaban J connectivity index is 3.18.